The Morgan fingerprint density at radius 2 is 2.11 bits per heavy atom. The second-order valence-electron chi connectivity index (χ2n) is 5.66. The number of nitrogen functional groups attached to an aromatic ring is 1. The van der Waals surface area contributed by atoms with Crippen molar-refractivity contribution in [2.75, 3.05) is 11.5 Å². The van der Waals surface area contributed by atoms with Crippen molar-refractivity contribution in [1.29, 1.82) is 0 Å². The minimum absolute atomic E-state index is 0.240. The summed E-state index contributed by atoms with van der Waals surface area (Å²) in [4.78, 5) is 1.18. The van der Waals surface area contributed by atoms with Crippen LogP contribution in [0.2, 0.25) is 5.02 Å². The van der Waals surface area contributed by atoms with Gasteiger partial charge in [-0.1, -0.05) is 24.4 Å². The molecule has 1 unspecified atom stereocenters. The van der Waals surface area contributed by atoms with Gasteiger partial charge in [0.2, 0.25) is 0 Å². The van der Waals surface area contributed by atoms with Crippen LogP contribution in [0.3, 0.4) is 0 Å². The Hall–Kier alpha value is -0.380. The summed E-state index contributed by atoms with van der Waals surface area (Å²) in [6.07, 6.45) is 8.07. The van der Waals surface area contributed by atoms with Crippen LogP contribution in [0.5, 0.6) is 0 Å². The normalized spacial score (nSPS) is 25.2. The minimum atomic E-state index is 0.240. The van der Waals surface area contributed by atoms with E-state index in [0.717, 1.165) is 5.75 Å². The third kappa shape index (κ3) is 3.04. The van der Waals surface area contributed by atoms with Gasteiger partial charge in [-0.2, -0.15) is 0 Å². The molecule has 2 N–H and O–H groups in total. The molecule has 1 aromatic rings. The lowest BCUT2D eigenvalue weighted by Crippen LogP contribution is -2.25. The second-order valence-corrected chi connectivity index (χ2v) is 7.16. The van der Waals surface area contributed by atoms with E-state index in [-0.39, 0.29) is 5.60 Å². The van der Waals surface area contributed by atoms with Crippen molar-refractivity contribution < 1.29 is 4.74 Å². The van der Waals surface area contributed by atoms with E-state index in [1.54, 1.807) is 0 Å². The van der Waals surface area contributed by atoms with E-state index < -0.39 is 0 Å². The van der Waals surface area contributed by atoms with Gasteiger partial charge in [-0.3, -0.25) is 0 Å². The first kappa shape index (κ1) is 13.6. The van der Waals surface area contributed by atoms with Gasteiger partial charge in [0.05, 0.1) is 22.4 Å². The molecule has 3 rings (SSSR count). The summed E-state index contributed by atoms with van der Waals surface area (Å²) in [7, 11) is 0. The topological polar surface area (TPSA) is 35.2 Å². The molecule has 1 saturated carbocycles. The molecule has 1 aromatic carbocycles. The summed E-state index contributed by atoms with van der Waals surface area (Å²) in [5, 5.41) is 0.643. The summed E-state index contributed by atoms with van der Waals surface area (Å²) in [6, 6.07) is 5.85. The van der Waals surface area contributed by atoms with Crippen LogP contribution < -0.4 is 5.73 Å². The van der Waals surface area contributed by atoms with Crippen LogP contribution in [0.25, 0.3) is 0 Å². The first-order valence-electron chi connectivity index (χ1n) is 7.03. The van der Waals surface area contributed by atoms with Gasteiger partial charge in [0.15, 0.2) is 0 Å². The number of halogens is 1. The molecule has 2 nitrogen and oxygen atoms in total. The maximum atomic E-state index is 6.31. The monoisotopic (exact) mass is 297 g/mol. The maximum Gasteiger partial charge on any atom is 0.0687 e. The molecule has 1 spiro atoms. The van der Waals surface area contributed by atoms with Crippen LogP contribution in [0, 0.1) is 0 Å². The van der Waals surface area contributed by atoms with Gasteiger partial charge in [-0.25, -0.2) is 0 Å². The van der Waals surface area contributed by atoms with Crippen LogP contribution in [0.1, 0.15) is 38.5 Å². The fourth-order valence-corrected chi connectivity index (χ4v) is 4.41. The Morgan fingerprint density at radius 1 is 1.32 bits per heavy atom. The number of nitrogens with two attached hydrogens (primary N) is 1. The number of benzene rings is 1. The maximum absolute atomic E-state index is 6.31. The van der Waals surface area contributed by atoms with Gasteiger partial charge < -0.3 is 10.5 Å². The van der Waals surface area contributed by atoms with Crippen molar-refractivity contribution >= 4 is 29.1 Å². The van der Waals surface area contributed by atoms with Gasteiger partial charge in [0, 0.05) is 10.6 Å². The van der Waals surface area contributed by atoms with E-state index in [2.05, 4.69) is 0 Å². The summed E-state index contributed by atoms with van der Waals surface area (Å²) in [5.41, 5.74) is 6.61. The van der Waals surface area contributed by atoms with Crippen LogP contribution >= 0.6 is 23.4 Å². The van der Waals surface area contributed by atoms with E-state index in [1.165, 1.54) is 43.4 Å². The Balaban J connectivity index is 1.54. The quantitative estimate of drug-likeness (QED) is 0.659. The molecule has 0 bridgehead atoms. The Bertz CT molecular complexity index is 459. The average molecular weight is 298 g/mol. The number of thioether (sulfide) groups is 1. The lowest BCUT2D eigenvalue weighted by Gasteiger charge is -2.23. The average Bonchev–Trinajstić information content (AvgIpc) is 3.02. The zero-order valence-corrected chi connectivity index (χ0v) is 12.6. The molecule has 2 aliphatic rings. The van der Waals surface area contributed by atoms with Crippen LogP contribution in [0.4, 0.5) is 5.69 Å². The molecule has 1 heterocycles. The number of rotatable bonds is 3. The van der Waals surface area contributed by atoms with Crippen molar-refractivity contribution in [3.8, 4) is 0 Å². The van der Waals surface area contributed by atoms with Crippen LogP contribution in [0.15, 0.2) is 23.1 Å². The predicted octanol–water partition coefficient (Wildman–Crippen LogP) is 4.51. The highest BCUT2D eigenvalue weighted by atomic mass is 35.5. The SMILES string of the molecule is Nc1ccc(SCC2CCC3(CCCC3)O2)cc1Cl. The molecule has 1 aliphatic heterocycles. The zero-order chi connectivity index (χ0) is 13.3. The third-order valence-corrected chi connectivity index (χ3v) is 5.71. The van der Waals surface area contributed by atoms with Gasteiger partial charge in [0.25, 0.3) is 0 Å². The molecule has 1 aliphatic carbocycles. The molecule has 0 amide bonds. The molecule has 19 heavy (non-hydrogen) atoms. The number of anilines is 1. The minimum Gasteiger partial charge on any atom is -0.398 e. The van der Waals surface area contributed by atoms with Gasteiger partial charge in [-0.05, 0) is 43.9 Å². The van der Waals surface area contributed by atoms with Gasteiger partial charge in [-0.15, -0.1) is 11.8 Å². The zero-order valence-electron chi connectivity index (χ0n) is 11.0. The van der Waals surface area contributed by atoms with Crippen molar-refractivity contribution in [1.82, 2.24) is 0 Å². The predicted molar refractivity (Wildman–Crippen MR) is 81.9 cm³/mol. The van der Waals surface area contributed by atoms with Crippen molar-refractivity contribution in [3.63, 3.8) is 0 Å². The van der Waals surface area contributed by atoms with Crippen molar-refractivity contribution in [3.05, 3.63) is 23.2 Å². The van der Waals surface area contributed by atoms with Crippen molar-refractivity contribution in [2.24, 2.45) is 0 Å². The second kappa shape index (κ2) is 5.55. The molecule has 0 aromatic heterocycles. The summed E-state index contributed by atoms with van der Waals surface area (Å²) in [5.74, 6) is 1.02. The summed E-state index contributed by atoms with van der Waals surface area (Å²) in [6.45, 7) is 0. The lowest BCUT2D eigenvalue weighted by molar-refractivity contribution is -0.0267. The standard InChI is InChI=1S/C15H20ClNOS/c16-13-9-12(3-4-14(13)17)19-10-11-5-8-15(18-11)6-1-2-7-15/h3-4,9,11H,1-2,5-8,10,17H2. The van der Waals surface area contributed by atoms with Crippen molar-refractivity contribution in [2.45, 2.75) is 55.1 Å². The van der Waals surface area contributed by atoms with Crippen LogP contribution in [-0.4, -0.2) is 17.5 Å². The first-order chi connectivity index (χ1) is 9.17. The van der Waals surface area contributed by atoms with E-state index in [9.17, 15) is 0 Å². The summed E-state index contributed by atoms with van der Waals surface area (Å²) >= 11 is 7.86. The number of hydrogen-bond acceptors (Lipinski definition) is 3. The highest BCUT2D eigenvalue weighted by Crippen LogP contribution is 2.44. The van der Waals surface area contributed by atoms with E-state index in [4.69, 9.17) is 22.1 Å². The highest BCUT2D eigenvalue weighted by molar-refractivity contribution is 7.99. The lowest BCUT2D eigenvalue weighted by atomic mass is 9.98. The largest absolute Gasteiger partial charge is 0.398 e. The summed E-state index contributed by atoms with van der Waals surface area (Å²) < 4.78 is 6.31. The Labute approximate surface area is 124 Å². The number of ether oxygens (including phenoxy) is 1. The fourth-order valence-electron chi connectivity index (χ4n) is 3.19. The van der Waals surface area contributed by atoms with Gasteiger partial charge in [0.1, 0.15) is 0 Å². The Morgan fingerprint density at radius 3 is 2.84 bits per heavy atom. The highest BCUT2D eigenvalue weighted by Gasteiger charge is 2.41. The van der Waals surface area contributed by atoms with E-state index in [0.29, 0.717) is 16.8 Å². The van der Waals surface area contributed by atoms with Gasteiger partial charge >= 0.3 is 0 Å². The molecule has 1 saturated heterocycles. The van der Waals surface area contributed by atoms with E-state index >= 15 is 0 Å². The number of hydrogen-bond donors (Lipinski definition) is 1. The molecular formula is C15H20ClNOS. The van der Waals surface area contributed by atoms with E-state index in [1.807, 2.05) is 30.0 Å². The molecule has 104 valence electrons. The molecular weight excluding hydrogens is 278 g/mol. The molecule has 1 atom stereocenters. The molecule has 2 fully saturated rings. The smallest absolute Gasteiger partial charge is 0.0687 e. The molecule has 4 heteroatoms. The molecule has 0 radical (unpaired) electrons. The Kier molecular flexibility index (Phi) is 3.97. The third-order valence-electron chi connectivity index (χ3n) is 4.26. The first-order valence-corrected chi connectivity index (χ1v) is 8.39. The van der Waals surface area contributed by atoms with Crippen LogP contribution in [-0.2, 0) is 4.74 Å². The fraction of sp³-hybridized carbons (Fsp3) is 0.600.